The summed E-state index contributed by atoms with van der Waals surface area (Å²) in [5.74, 6) is 1.51. The molecule has 2 nitrogen and oxygen atoms in total. The van der Waals surface area contributed by atoms with Gasteiger partial charge in [0.25, 0.3) is 0 Å². The Morgan fingerprint density at radius 3 is 2.68 bits per heavy atom. The molecule has 3 heteroatoms. The Bertz CT molecular complexity index is 594. The number of nitrogens with zero attached hydrogens (tertiary/aromatic N) is 2. The van der Waals surface area contributed by atoms with Gasteiger partial charge in [-0.1, -0.05) is 25.3 Å². The van der Waals surface area contributed by atoms with E-state index in [1.165, 1.54) is 43.2 Å². The normalized spacial score (nSPS) is 18.9. The molecule has 0 amide bonds. The first-order valence-corrected chi connectivity index (χ1v) is 7.72. The van der Waals surface area contributed by atoms with Crippen LogP contribution in [0.2, 0.25) is 0 Å². The first-order chi connectivity index (χ1) is 9.14. The van der Waals surface area contributed by atoms with E-state index in [1.54, 1.807) is 0 Å². The minimum atomic E-state index is 0.187. The van der Waals surface area contributed by atoms with Crippen molar-refractivity contribution in [3.8, 4) is 0 Å². The number of imidazole rings is 1. The van der Waals surface area contributed by atoms with Crippen LogP contribution < -0.4 is 0 Å². The van der Waals surface area contributed by atoms with E-state index in [0.717, 1.165) is 11.3 Å². The second-order valence-corrected chi connectivity index (χ2v) is 6.31. The summed E-state index contributed by atoms with van der Waals surface area (Å²) in [5, 5.41) is 0. The van der Waals surface area contributed by atoms with Crippen molar-refractivity contribution >= 4 is 22.6 Å². The third-order valence-electron chi connectivity index (χ3n) is 4.47. The Hall–Kier alpha value is -1.02. The molecule has 1 saturated carbocycles. The number of alkyl halides is 1. The fourth-order valence-electron chi connectivity index (χ4n) is 3.47. The molecule has 0 N–H and O–H groups in total. The summed E-state index contributed by atoms with van der Waals surface area (Å²) in [6, 6.07) is 6.53. The van der Waals surface area contributed by atoms with Crippen LogP contribution in [0.25, 0.3) is 11.0 Å². The molecular weight excluding hydrogens is 256 g/mol. The topological polar surface area (TPSA) is 17.8 Å². The Kier molecular flexibility index (Phi) is 3.30. The van der Waals surface area contributed by atoms with Crippen molar-refractivity contribution in [2.24, 2.45) is 0 Å². The van der Waals surface area contributed by atoms with E-state index in [1.807, 2.05) is 0 Å². The molecule has 0 atom stereocenters. The predicted molar refractivity (Wildman–Crippen MR) is 80.8 cm³/mol. The van der Waals surface area contributed by atoms with E-state index in [4.69, 9.17) is 16.6 Å². The smallest absolute Gasteiger partial charge is 0.125 e. The minimum Gasteiger partial charge on any atom is -0.321 e. The summed E-state index contributed by atoms with van der Waals surface area (Å²) in [5.41, 5.74) is 3.77. The molecule has 0 radical (unpaired) electrons. The maximum atomic E-state index is 6.14. The summed E-state index contributed by atoms with van der Waals surface area (Å²) in [6.45, 7) is 4.48. The summed E-state index contributed by atoms with van der Waals surface area (Å²) in [6.07, 6.45) is 6.44. The number of hydrogen-bond donors (Lipinski definition) is 0. The van der Waals surface area contributed by atoms with Gasteiger partial charge in [-0.15, -0.1) is 11.6 Å². The minimum absolute atomic E-state index is 0.187. The number of aryl methyl sites for hydroxylation is 1. The SMILES string of the molecule is Cc1ccc2c(c1)nc(CCl)n2C1(C)CCCCC1. The molecule has 0 aliphatic heterocycles. The van der Waals surface area contributed by atoms with Gasteiger partial charge in [0, 0.05) is 5.54 Å². The third kappa shape index (κ3) is 2.16. The van der Waals surface area contributed by atoms with Crippen molar-refractivity contribution in [2.75, 3.05) is 0 Å². The molecule has 1 aromatic carbocycles. The fourth-order valence-corrected chi connectivity index (χ4v) is 3.65. The molecule has 2 aromatic rings. The highest BCUT2D eigenvalue weighted by molar-refractivity contribution is 6.16. The maximum Gasteiger partial charge on any atom is 0.125 e. The van der Waals surface area contributed by atoms with Gasteiger partial charge >= 0.3 is 0 Å². The second-order valence-electron chi connectivity index (χ2n) is 6.05. The molecule has 1 aromatic heterocycles. The third-order valence-corrected chi connectivity index (χ3v) is 4.71. The van der Waals surface area contributed by atoms with Gasteiger partial charge in [-0.05, 0) is 44.4 Å². The monoisotopic (exact) mass is 276 g/mol. The molecule has 0 saturated heterocycles. The molecule has 1 fully saturated rings. The van der Waals surface area contributed by atoms with Gasteiger partial charge < -0.3 is 4.57 Å². The average Bonchev–Trinajstić information content (AvgIpc) is 2.77. The van der Waals surface area contributed by atoms with Crippen LogP contribution in [0.5, 0.6) is 0 Å². The van der Waals surface area contributed by atoms with Crippen LogP contribution in [-0.4, -0.2) is 9.55 Å². The summed E-state index contributed by atoms with van der Waals surface area (Å²) in [7, 11) is 0. The predicted octanol–water partition coefficient (Wildman–Crippen LogP) is 4.76. The van der Waals surface area contributed by atoms with Crippen molar-refractivity contribution < 1.29 is 0 Å². The van der Waals surface area contributed by atoms with Crippen molar-refractivity contribution in [3.63, 3.8) is 0 Å². The van der Waals surface area contributed by atoms with Crippen molar-refractivity contribution in [3.05, 3.63) is 29.6 Å². The lowest BCUT2D eigenvalue weighted by Gasteiger charge is -2.36. The molecule has 0 spiro atoms. The van der Waals surface area contributed by atoms with Crippen LogP contribution in [-0.2, 0) is 11.4 Å². The number of aromatic nitrogens is 2. The van der Waals surface area contributed by atoms with Gasteiger partial charge in [0.15, 0.2) is 0 Å². The highest BCUT2D eigenvalue weighted by Crippen LogP contribution is 2.38. The molecule has 0 unspecified atom stereocenters. The Morgan fingerprint density at radius 1 is 1.26 bits per heavy atom. The zero-order valence-electron chi connectivity index (χ0n) is 11.7. The molecule has 0 bridgehead atoms. The number of halogens is 1. The zero-order chi connectivity index (χ0) is 13.5. The van der Waals surface area contributed by atoms with Crippen LogP contribution in [0.4, 0.5) is 0 Å². The Morgan fingerprint density at radius 2 is 2.00 bits per heavy atom. The number of hydrogen-bond acceptors (Lipinski definition) is 1. The molecule has 3 rings (SSSR count). The Balaban J connectivity index is 2.20. The van der Waals surface area contributed by atoms with Crippen LogP contribution >= 0.6 is 11.6 Å². The van der Waals surface area contributed by atoms with E-state index >= 15 is 0 Å². The van der Waals surface area contributed by atoms with E-state index < -0.39 is 0 Å². The molecular formula is C16H21ClN2. The summed E-state index contributed by atoms with van der Waals surface area (Å²) in [4.78, 5) is 4.74. The van der Waals surface area contributed by atoms with Crippen molar-refractivity contribution in [1.29, 1.82) is 0 Å². The van der Waals surface area contributed by atoms with Gasteiger partial charge in [0.1, 0.15) is 5.82 Å². The quantitative estimate of drug-likeness (QED) is 0.723. The van der Waals surface area contributed by atoms with E-state index in [-0.39, 0.29) is 5.54 Å². The molecule has 1 aliphatic carbocycles. The van der Waals surface area contributed by atoms with Crippen LogP contribution in [0.3, 0.4) is 0 Å². The number of benzene rings is 1. The van der Waals surface area contributed by atoms with Crippen molar-refractivity contribution in [1.82, 2.24) is 9.55 Å². The maximum absolute atomic E-state index is 6.14. The van der Waals surface area contributed by atoms with E-state index in [9.17, 15) is 0 Å². The largest absolute Gasteiger partial charge is 0.321 e. The van der Waals surface area contributed by atoms with Gasteiger partial charge in [-0.25, -0.2) is 4.98 Å². The van der Waals surface area contributed by atoms with Crippen LogP contribution in [0, 0.1) is 6.92 Å². The number of fused-ring (bicyclic) bond motifs is 1. The zero-order valence-corrected chi connectivity index (χ0v) is 12.5. The van der Waals surface area contributed by atoms with E-state index in [0.29, 0.717) is 5.88 Å². The van der Waals surface area contributed by atoms with Crippen LogP contribution in [0.15, 0.2) is 18.2 Å². The summed E-state index contributed by atoms with van der Waals surface area (Å²) >= 11 is 6.14. The standard InChI is InChI=1S/C16H21ClN2/c1-12-6-7-14-13(10-12)18-15(11-17)19(14)16(2)8-4-3-5-9-16/h6-7,10H,3-5,8-9,11H2,1-2H3. The Labute approximate surface area is 119 Å². The first-order valence-electron chi connectivity index (χ1n) is 7.18. The van der Waals surface area contributed by atoms with Gasteiger partial charge in [0.2, 0.25) is 0 Å². The van der Waals surface area contributed by atoms with Crippen LogP contribution in [0.1, 0.15) is 50.4 Å². The lowest BCUT2D eigenvalue weighted by Crippen LogP contribution is -2.33. The lowest BCUT2D eigenvalue weighted by atomic mass is 9.83. The highest BCUT2D eigenvalue weighted by Gasteiger charge is 2.32. The average molecular weight is 277 g/mol. The molecule has 19 heavy (non-hydrogen) atoms. The highest BCUT2D eigenvalue weighted by atomic mass is 35.5. The van der Waals surface area contributed by atoms with E-state index in [2.05, 4.69) is 36.6 Å². The van der Waals surface area contributed by atoms with Crippen molar-refractivity contribution in [2.45, 2.75) is 57.4 Å². The number of rotatable bonds is 2. The lowest BCUT2D eigenvalue weighted by molar-refractivity contribution is 0.220. The molecule has 1 aliphatic rings. The molecule has 1 heterocycles. The second kappa shape index (κ2) is 4.82. The van der Waals surface area contributed by atoms with Gasteiger partial charge in [0.05, 0.1) is 16.9 Å². The summed E-state index contributed by atoms with van der Waals surface area (Å²) < 4.78 is 2.41. The fraction of sp³-hybridized carbons (Fsp3) is 0.562. The molecule has 102 valence electrons. The van der Waals surface area contributed by atoms with Gasteiger partial charge in [-0.2, -0.15) is 0 Å². The van der Waals surface area contributed by atoms with Gasteiger partial charge in [-0.3, -0.25) is 0 Å². The first kappa shape index (κ1) is 13.0.